The molecule has 1 aromatic heterocycles. The van der Waals surface area contributed by atoms with E-state index in [1.807, 2.05) is 6.92 Å². The van der Waals surface area contributed by atoms with Crippen LogP contribution in [-0.2, 0) is 22.4 Å². The van der Waals surface area contributed by atoms with E-state index in [1.165, 1.54) is 6.26 Å². The number of carboxylic acids is 1. The number of rotatable bonds is 11. The highest BCUT2D eigenvalue weighted by molar-refractivity contribution is 5.96. The second kappa shape index (κ2) is 12.7. The van der Waals surface area contributed by atoms with Crippen molar-refractivity contribution in [2.75, 3.05) is 6.54 Å². The van der Waals surface area contributed by atoms with Crippen LogP contribution in [0.25, 0.3) is 0 Å². The standard InChI is InChI=1S/C24H33N5O7/c1-14(12-26-23(33)36-24(2,3)4)5-10-19-27-18(13-35-19)21(30)28-17(22(31)32)11-15-6-8-16(9-7-15)20(25)29-34/h6-9,13-14,17,34H,5,10-12H2,1-4H3,(H2,25,29)(H,26,33)(H,28,30)(H,31,32)/t14-,17-/m0/s1. The third-order valence-corrected chi connectivity index (χ3v) is 5.03. The number of carbonyl (C=O) groups excluding carboxylic acids is 2. The Morgan fingerprint density at radius 1 is 1.19 bits per heavy atom. The van der Waals surface area contributed by atoms with Crippen LogP contribution in [0, 0.1) is 11.3 Å². The number of aliphatic carboxylic acids is 1. The zero-order valence-electron chi connectivity index (χ0n) is 20.8. The first-order valence-corrected chi connectivity index (χ1v) is 11.4. The Bertz CT molecular complexity index is 1060. The highest BCUT2D eigenvalue weighted by Crippen LogP contribution is 2.12. The van der Waals surface area contributed by atoms with E-state index in [9.17, 15) is 19.5 Å². The van der Waals surface area contributed by atoms with Gasteiger partial charge >= 0.3 is 12.1 Å². The maximum Gasteiger partial charge on any atom is 0.407 e. The highest BCUT2D eigenvalue weighted by atomic mass is 16.6. The third-order valence-electron chi connectivity index (χ3n) is 5.03. The summed E-state index contributed by atoms with van der Waals surface area (Å²) < 4.78 is 10.6. The van der Waals surface area contributed by atoms with E-state index in [4.69, 9.17) is 19.8 Å². The largest absolute Gasteiger partial charge is 0.480 e. The maximum absolute atomic E-state index is 12.6. The monoisotopic (exact) mass is 503 g/mol. The highest BCUT2D eigenvalue weighted by Gasteiger charge is 2.23. The Balaban J connectivity index is 1.87. The number of benzene rings is 1. The molecule has 1 aromatic carbocycles. The molecule has 0 aliphatic carbocycles. The zero-order chi connectivity index (χ0) is 26.9. The van der Waals surface area contributed by atoms with Crippen LogP contribution in [0.2, 0.25) is 0 Å². The molecular formula is C24H33N5O7. The SMILES string of the molecule is C[C@@H](CCc1nc(C(=O)N[C@@H](Cc2ccc(C(=N)NO)cc2)C(=O)O)co1)CNC(=O)OC(C)(C)C. The number of amides is 2. The van der Waals surface area contributed by atoms with Gasteiger partial charge in [0.15, 0.2) is 11.6 Å². The van der Waals surface area contributed by atoms with Gasteiger partial charge in [0.2, 0.25) is 0 Å². The van der Waals surface area contributed by atoms with Gasteiger partial charge in [-0.05, 0) is 38.7 Å². The van der Waals surface area contributed by atoms with Crippen LogP contribution in [-0.4, -0.2) is 57.3 Å². The van der Waals surface area contributed by atoms with E-state index in [-0.39, 0.29) is 23.9 Å². The summed E-state index contributed by atoms with van der Waals surface area (Å²) in [5.74, 6) is -1.67. The average molecular weight is 504 g/mol. The van der Waals surface area contributed by atoms with Gasteiger partial charge in [0.05, 0.1) is 0 Å². The van der Waals surface area contributed by atoms with Gasteiger partial charge in [-0.2, -0.15) is 0 Å². The van der Waals surface area contributed by atoms with E-state index < -0.39 is 29.6 Å². The number of alkyl carbamates (subject to hydrolysis) is 1. The number of oxazole rings is 1. The molecule has 12 heteroatoms. The predicted octanol–water partition coefficient (Wildman–Crippen LogP) is 2.50. The van der Waals surface area contributed by atoms with Crippen molar-refractivity contribution < 1.29 is 33.9 Å². The molecule has 0 aliphatic rings. The first-order chi connectivity index (χ1) is 16.9. The van der Waals surface area contributed by atoms with E-state index in [1.54, 1.807) is 50.5 Å². The van der Waals surface area contributed by atoms with Crippen LogP contribution in [0.4, 0.5) is 4.79 Å². The number of ether oxygens (including phenoxy) is 1. The molecule has 0 unspecified atom stereocenters. The normalized spacial score (nSPS) is 12.8. The van der Waals surface area contributed by atoms with Crippen LogP contribution in [0.1, 0.15) is 61.6 Å². The predicted molar refractivity (Wildman–Crippen MR) is 129 cm³/mol. The van der Waals surface area contributed by atoms with E-state index in [0.29, 0.717) is 36.4 Å². The second-order valence-electron chi connectivity index (χ2n) is 9.41. The topological polar surface area (TPSA) is 187 Å². The van der Waals surface area contributed by atoms with Crippen LogP contribution >= 0.6 is 0 Å². The smallest absolute Gasteiger partial charge is 0.407 e. The third kappa shape index (κ3) is 9.37. The fourth-order valence-corrected chi connectivity index (χ4v) is 3.11. The molecule has 0 radical (unpaired) electrons. The first-order valence-electron chi connectivity index (χ1n) is 11.4. The lowest BCUT2D eigenvalue weighted by molar-refractivity contribution is -0.139. The van der Waals surface area contributed by atoms with E-state index in [0.717, 1.165) is 0 Å². The van der Waals surface area contributed by atoms with Crippen molar-refractivity contribution in [3.8, 4) is 0 Å². The molecule has 2 atom stereocenters. The Kier molecular flexibility index (Phi) is 9.97. The molecule has 2 rings (SSSR count). The summed E-state index contributed by atoms with van der Waals surface area (Å²) in [5, 5.41) is 31.0. The number of hydrogen-bond donors (Lipinski definition) is 6. The molecular weight excluding hydrogens is 470 g/mol. The summed E-state index contributed by atoms with van der Waals surface area (Å²) in [6, 6.07) is 5.11. The van der Waals surface area contributed by atoms with Crippen LogP contribution in [0.5, 0.6) is 0 Å². The molecule has 0 aliphatic heterocycles. The van der Waals surface area contributed by atoms with Crippen molar-refractivity contribution in [1.29, 1.82) is 5.41 Å². The molecule has 0 spiro atoms. The second-order valence-corrected chi connectivity index (χ2v) is 9.41. The summed E-state index contributed by atoms with van der Waals surface area (Å²) >= 11 is 0. The van der Waals surface area contributed by atoms with E-state index in [2.05, 4.69) is 15.6 Å². The van der Waals surface area contributed by atoms with Gasteiger partial charge in [0.25, 0.3) is 5.91 Å². The number of hydroxylamine groups is 1. The maximum atomic E-state index is 12.6. The molecule has 0 fully saturated rings. The number of hydrogen-bond acceptors (Lipinski definition) is 8. The molecule has 0 saturated carbocycles. The molecule has 6 N–H and O–H groups in total. The number of amidine groups is 1. The number of carbonyl (C=O) groups is 3. The van der Waals surface area contributed by atoms with Crippen molar-refractivity contribution in [2.45, 2.75) is 58.6 Å². The van der Waals surface area contributed by atoms with Crippen molar-refractivity contribution in [2.24, 2.45) is 5.92 Å². The molecule has 36 heavy (non-hydrogen) atoms. The molecule has 2 amide bonds. The van der Waals surface area contributed by atoms with Crippen molar-refractivity contribution in [1.82, 2.24) is 21.1 Å². The Morgan fingerprint density at radius 3 is 2.44 bits per heavy atom. The van der Waals surface area contributed by atoms with E-state index >= 15 is 0 Å². The number of aryl methyl sites for hydroxylation is 1. The zero-order valence-corrected chi connectivity index (χ0v) is 20.8. The Morgan fingerprint density at radius 2 is 1.86 bits per heavy atom. The van der Waals surface area contributed by atoms with Gasteiger partial charge in [-0.1, -0.05) is 31.2 Å². The number of carboxylic acid groups (broad SMARTS) is 1. The van der Waals surface area contributed by atoms with Crippen LogP contribution < -0.4 is 16.1 Å². The lowest BCUT2D eigenvalue weighted by Crippen LogP contribution is -2.42. The minimum Gasteiger partial charge on any atom is -0.480 e. The van der Waals surface area contributed by atoms with Crippen molar-refractivity contribution in [3.63, 3.8) is 0 Å². The molecule has 196 valence electrons. The van der Waals surface area contributed by atoms with Gasteiger partial charge < -0.3 is 24.9 Å². The molecule has 1 heterocycles. The van der Waals surface area contributed by atoms with Gasteiger partial charge in [-0.15, -0.1) is 0 Å². The van der Waals surface area contributed by atoms with Crippen LogP contribution in [0.15, 0.2) is 34.9 Å². The van der Waals surface area contributed by atoms with Gasteiger partial charge in [0, 0.05) is 24.9 Å². The summed E-state index contributed by atoms with van der Waals surface area (Å²) in [6.45, 7) is 7.71. The number of nitrogens with one attached hydrogen (secondary N) is 4. The van der Waals surface area contributed by atoms with Gasteiger partial charge in [0.1, 0.15) is 23.7 Å². The summed E-state index contributed by atoms with van der Waals surface area (Å²) in [6.07, 6.45) is 1.75. The summed E-state index contributed by atoms with van der Waals surface area (Å²) in [7, 11) is 0. The Hall–Kier alpha value is -3.93. The number of nitrogens with zero attached hydrogens (tertiary/aromatic N) is 1. The molecule has 0 bridgehead atoms. The molecule has 0 saturated heterocycles. The van der Waals surface area contributed by atoms with Gasteiger partial charge in [-0.3, -0.25) is 20.9 Å². The molecule has 2 aromatic rings. The fraction of sp³-hybridized carbons (Fsp3) is 0.458. The fourth-order valence-electron chi connectivity index (χ4n) is 3.11. The quantitative estimate of drug-likeness (QED) is 0.152. The van der Waals surface area contributed by atoms with Gasteiger partial charge in [-0.25, -0.2) is 14.6 Å². The first kappa shape index (κ1) is 28.3. The minimum absolute atomic E-state index is 0.00805. The molecule has 12 nitrogen and oxygen atoms in total. The average Bonchev–Trinajstić information content (AvgIpc) is 3.29. The van der Waals surface area contributed by atoms with Crippen molar-refractivity contribution >= 4 is 23.8 Å². The number of aromatic nitrogens is 1. The lowest BCUT2D eigenvalue weighted by Gasteiger charge is -2.20. The summed E-state index contributed by atoms with van der Waals surface area (Å²) in [5.41, 5.74) is 2.16. The van der Waals surface area contributed by atoms with Crippen molar-refractivity contribution in [3.05, 3.63) is 53.2 Å². The Labute approximate surface area is 208 Å². The van der Waals surface area contributed by atoms with Crippen LogP contribution in [0.3, 0.4) is 0 Å². The lowest BCUT2D eigenvalue weighted by atomic mass is 10.0. The minimum atomic E-state index is -1.22. The summed E-state index contributed by atoms with van der Waals surface area (Å²) in [4.78, 5) is 40.1.